The van der Waals surface area contributed by atoms with Gasteiger partial charge in [0.25, 0.3) is 0 Å². The van der Waals surface area contributed by atoms with E-state index in [1.807, 2.05) is 0 Å². The van der Waals surface area contributed by atoms with Gasteiger partial charge in [-0.25, -0.2) is 0 Å². The zero-order valence-corrected chi connectivity index (χ0v) is 13.7. The number of amides is 1. The van der Waals surface area contributed by atoms with Gasteiger partial charge in [-0.15, -0.1) is 11.3 Å². The molecule has 22 heavy (non-hydrogen) atoms. The summed E-state index contributed by atoms with van der Waals surface area (Å²) in [6, 6.07) is 2.17. The lowest BCUT2D eigenvalue weighted by Crippen LogP contribution is -2.34. The van der Waals surface area contributed by atoms with Crippen LogP contribution in [-0.4, -0.2) is 17.0 Å². The number of carbonyl (C=O) groups excluding carboxylic acids is 1. The van der Waals surface area contributed by atoms with Gasteiger partial charge in [0.05, 0.1) is 11.0 Å². The van der Waals surface area contributed by atoms with Crippen LogP contribution in [0.3, 0.4) is 0 Å². The maximum Gasteiger partial charge on any atom is 0.310 e. The predicted octanol–water partition coefficient (Wildman–Crippen LogP) is 3.33. The van der Waals surface area contributed by atoms with Crippen molar-refractivity contribution in [2.75, 3.05) is 5.32 Å². The Bertz CT molecular complexity index is 639. The predicted molar refractivity (Wildman–Crippen MR) is 85.0 cm³/mol. The third-order valence-corrected chi connectivity index (χ3v) is 5.80. The van der Waals surface area contributed by atoms with E-state index in [1.165, 1.54) is 16.2 Å². The highest BCUT2D eigenvalue weighted by atomic mass is 32.1. The second-order valence-corrected chi connectivity index (χ2v) is 6.80. The number of nitrogens with one attached hydrogen (secondary N) is 1. The fourth-order valence-corrected chi connectivity index (χ4v) is 4.22. The van der Waals surface area contributed by atoms with Gasteiger partial charge < -0.3 is 10.4 Å². The Morgan fingerprint density at radius 2 is 2.05 bits per heavy atom. The lowest BCUT2D eigenvalue weighted by molar-refractivity contribution is -0.151. The molecule has 0 fully saturated rings. The van der Waals surface area contributed by atoms with Crippen molar-refractivity contribution < 1.29 is 14.7 Å². The first kappa shape index (κ1) is 16.5. The highest BCUT2D eigenvalue weighted by Crippen LogP contribution is 2.39. The summed E-state index contributed by atoms with van der Waals surface area (Å²) in [6.45, 7) is 3.57. The number of carbonyl (C=O) groups is 2. The van der Waals surface area contributed by atoms with E-state index in [0.29, 0.717) is 23.4 Å². The number of hydrogen-bond donors (Lipinski definition) is 2. The monoisotopic (exact) mass is 320 g/mol. The van der Waals surface area contributed by atoms with E-state index in [4.69, 9.17) is 0 Å². The molecule has 0 spiro atoms. The fraction of sp³-hybridized carbons (Fsp3) is 0.562. The summed E-state index contributed by atoms with van der Waals surface area (Å²) in [5, 5.41) is 22.1. The summed E-state index contributed by atoms with van der Waals surface area (Å²) in [7, 11) is 0. The number of aryl methyl sites for hydroxylation is 1. The normalized spacial score (nSPS) is 13.5. The molecule has 1 aliphatic carbocycles. The average Bonchev–Trinajstić information content (AvgIpc) is 3.04. The number of thiophene rings is 1. The van der Waals surface area contributed by atoms with E-state index in [9.17, 15) is 20.0 Å². The van der Waals surface area contributed by atoms with E-state index in [0.717, 1.165) is 24.8 Å². The third-order valence-electron chi connectivity index (χ3n) is 4.59. The zero-order chi connectivity index (χ0) is 16.3. The lowest BCUT2D eigenvalue weighted by Gasteiger charge is -2.25. The summed E-state index contributed by atoms with van der Waals surface area (Å²) in [5.41, 5.74) is 0.578. The van der Waals surface area contributed by atoms with Gasteiger partial charge in [0.1, 0.15) is 11.1 Å². The molecule has 1 aliphatic rings. The molecule has 0 atom stereocenters. The third kappa shape index (κ3) is 2.86. The lowest BCUT2D eigenvalue weighted by atomic mass is 9.79. The quantitative estimate of drug-likeness (QED) is 0.841. The van der Waals surface area contributed by atoms with E-state index in [-0.39, 0.29) is 12.3 Å². The molecule has 1 aromatic heterocycles. The Labute approximate surface area is 134 Å². The van der Waals surface area contributed by atoms with Crippen LogP contribution in [0.25, 0.3) is 0 Å². The molecule has 2 N–H and O–H groups in total. The first-order valence-corrected chi connectivity index (χ1v) is 8.37. The second kappa shape index (κ2) is 6.49. The minimum atomic E-state index is -1.03. The van der Waals surface area contributed by atoms with Gasteiger partial charge >= 0.3 is 5.97 Å². The van der Waals surface area contributed by atoms with Crippen molar-refractivity contribution in [3.8, 4) is 6.07 Å². The molecule has 6 heteroatoms. The Hall–Kier alpha value is -1.87. The van der Waals surface area contributed by atoms with Gasteiger partial charge in [0.15, 0.2) is 0 Å². The number of aliphatic carboxylic acids is 1. The highest BCUT2D eigenvalue weighted by Gasteiger charge is 2.37. The molecule has 2 rings (SSSR count). The summed E-state index contributed by atoms with van der Waals surface area (Å²) < 4.78 is 0. The van der Waals surface area contributed by atoms with Crippen LogP contribution in [0.15, 0.2) is 0 Å². The Balaban J connectivity index is 2.16. The van der Waals surface area contributed by atoms with E-state index >= 15 is 0 Å². The molecule has 118 valence electrons. The average molecular weight is 320 g/mol. The number of carboxylic acid groups (broad SMARTS) is 1. The van der Waals surface area contributed by atoms with Crippen LogP contribution in [-0.2, 0) is 22.4 Å². The van der Waals surface area contributed by atoms with Gasteiger partial charge in [0.2, 0.25) is 5.91 Å². The van der Waals surface area contributed by atoms with Crippen molar-refractivity contribution in [3.05, 3.63) is 16.0 Å². The van der Waals surface area contributed by atoms with Crippen molar-refractivity contribution >= 4 is 28.2 Å². The number of nitrogens with zero attached hydrogens (tertiary/aromatic N) is 1. The number of carboxylic acids is 1. The number of fused-ring (bicyclic) bond motifs is 1. The Morgan fingerprint density at radius 3 is 2.59 bits per heavy atom. The summed E-state index contributed by atoms with van der Waals surface area (Å²) in [6.07, 6.45) is 3.62. The van der Waals surface area contributed by atoms with Crippen LogP contribution in [0.2, 0.25) is 0 Å². The van der Waals surface area contributed by atoms with Crippen LogP contribution in [0.4, 0.5) is 5.00 Å². The summed E-state index contributed by atoms with van der Waals surface area (Å²) >= 11 is 1.45. The van der Waals surface area contributed by atoms with Crippen molar-refractivity contribution in [2.45, 2.75) is 52.4 Å². The minimum absolute atomic E-state index is 0.0667. The molecular formula is C16H20N2O3S. The first-order chi connectivity index (χ1) is 10.5. The summed E-state index contributed by atoms with van der Waals surface area (Å²) in [5.74, 6) is -1.27. The topological polar surface area (TPSA) is 90.2 Å². The van der Waals surface area contributed by atoms with Gasteiger partial charge in [-0.3, -0.25) is 9.59 Å². The molecule has 0 saturated carbocycles. The molecule has 0 saturated heterocycles. The van der Waals surface area contributed by atoms with Gasteiger partial charge in [0, 0.05) is 11.3 Å². The van der Waals surface area contributed by atoms with Crippen LogP contribution < -0.4 is 5.32 Å². The number of rotatable bonds is 6. The van der Waals surface area contributed by atoms with Crippen LogP contribution in [0, 0.1) is 16.7 Å². The second-order valence-electron chi connectivity index (χ2n) is 5.69. The smallest absolute Gasteiger partial charge is 0.310 e. The summed E-state index contributed by atoms with van der Waals surface area (Å²) in [4.78, 5) is 24.9. The Kier molecular flexibility index (Phi) is 4.87. The van der Waals surface area contributed by atoms with Gasteiger partial charge in [-0.05, 0) is 37.7 Å². The molecule has 0 unspecified atom stereocenters. The van der Waals surface area contributed by atoms with Crippen molar-refractivity contribution in [3.63, 3.8) is 0 Å². The maximum atomic E-state index is 12.3. The maximum absolute atomic E-state index is 12.3. The molecule has 0 bridgehead atoms. The molecule has 0 aromatic carbocycles. The van der Waals surface area contributed by atoms with E-state index in [2.05, 4.69) is 11.4 Å². The standard InChI is InChI=1S/C16H20N2O3S/c1-3-16(4-2,15(20)21)8-13(19)18-14-11(9-17)10-6-5-7-12(10)22-14/h3-8H2,1-2H3,(H,18,19)(H,20,21). The molecule has 1 amide bonds. The van der Waals surface area contributed by atoms with E-state index < -0.39 is 11.4 Å². The van der Waals surface area contributed by atoms with Crippen molar-refractivity contribution in [1.82, 2.24) is 0 Å². The van der Waals surface area contributed by atoms with Crippen LogP contribution >= 0.6 is 11.3 Å². The zero-order valence-electron chi connectivity index (χ0n) is 12.9. The fourth-order valence-electron chi connectivity index (χ4n) is 2.97. The molecule has 5 nitrogen and oxygen atoms in total. The van der Waals surface area contributed by atoms with Gasteiger partial charge in [-0.2, -0.15) is 5.26 Å². The number of hydrogen-bond acceptors (Lipinski definition) is 4. The van der Waals surface area contributed by atoms with E-state index in [1.54, 1.807) is 13.8 Å². The number of anilines is 1. The highest BCUT2D eigenvalue weighted by molar-refractivity contribution is 7.16. The number of nitriles is 1. The largest absolute Gasteiger partial charge is 0.481 e. The molecule has 1 aromatic rings. The molecule has 1 heterocycles. The minimum Gasteiger partial charge on any atom is -0.481 e. The Morgan fingerprint density at radius 1 is 1.36 bits per heavy atom. The first-order valence-electron chi connectivity index (χ1n) is 7.55. The van der Waals surface area contributed by atoms with Gasteiger partial charge in [-0.1, -0.05) is 13.8 Å². The van der Waals surface area contributed by atoms with Crippen molar-refractivity contribution in [1.29, 1.82) is 5.26 Å². The molecule has 0 aliphatic heterocycles. The molecular weight excluding hydrogens is 300 g/mol. The van der Waals surface area contributed by atoms with Crippen LogP contribution in [0.1, 0.15) is 55.5 Å². The SMILES string of the molecule is CCC(CC)(CC(=O)Nc1sc2c(c1C#N)CCC2)C(=O)O. The molecule has 0 radical (unpaired) electrons. The van der Waals surface area contributed by atoms with Crippen molar-refractivity contribution in [2.24, 2.45) is 5.41 Å². The van der Waals surface area contributed by atoms with Crippen LogP contribution in [0.5, 0.6) is 0 Å².